The minimum atomic E-state index is -1.34. The van der Waals surface area contributed by atoms with Gasteiger partial charge in [0.1, 0.15) is 28.9 Å². The molecule has 40 heavy (non-hydrogen) atoms. The lowest BCUT2D eigenvalue weighted by atomic mass is 10.1. The molecule has 12 heteroatoms. The number of ether oxygens (including phenoxy) is 2. The molecule has 2 N–H and O–H groups in total. The largest absolute Gasteiger partial charge is 0.494 e. The SMILES string of the molecule is CCOc1cc(F)c(Cn2nc(-c3ncc(OC)c(Nc4ccc(F)cc4C(=O)O)n3)c3ccccc32)c(F)c1. The first kappa shape index (κ1) is 26.5. The van der Waals surface area contributed by atoms with E-state index in [9.17, 15) is 23.1 Å². The van der Waals surface area contributed by atoms with Gasteiger partial charge in [-0.2, -0.15) is 5.10 Å². The van der Waals surface area contributed by atoms with E-state index in [0.717, 1.165) is 24.3 Å². The van der Waals surface area contributed by atoms with Crippen molar-refractivity contribution in [3.63, 3.8) is 0 Å². The molecule has 0 aliphatic heterocycles. The third-order valence-electron chi connectivity index (χ3n) is 6.04. The molecule has 2 aromatic heterocycles. The predicted molar refractivity (Wildman–Crippen MR) is 141 cm³/mol. The molecule has 204 valence electrons. The first-order chi connectivity index (χ1) is 19.3. The molecule has 2 heterocycles. The normalized spacial score (nSPS) is 11.0. The predicted octanol–water partition coefficient (Wildman–Crippen LogP) is 5.81. The summed E-state index contributed by atoms with van der Waals surface area (Å²) in [7, 11) is 1.39. The number of para-hydroxylation sites is 1. The van der Waals surface area contributed by atoms with Crippen LogP contribution in [0.25, 0.3) is 22.4 Å². The van der Waals surface area contributed by atoms with Gasteiger partial charge in [0.05, 0.1) is 43.2 Å². The minimum Gasteiger partial charge on any atom is -0.494 e. The van der Waals surface area contributed by atoms with E-state index in [-0.39, 0.29) is 53.1 Å². The fourth-order valence-electron chi connectivity index (χ4n) is 4.20. The number of aromatic nitrogens is 4. The van der Waals surface area contributed by atoms with Gasteiger partial charge in [-0.1, -0.05) is 18.2 Å². The van der Waals surface area contributed by atoms with E-state index in [1.807, 2.05) is 0 Å². The number of nitrogens with one attached hydrogen (secondary N) is 1. The Morgan fingerprint density at radius 2 is 1.82 bits per heavy atom. The standard InChI is InChI=1S/C28H22F3N5O4/c1-3-40-16-11-20(30)19(21(31)12-16)14-36-23-7-5-4-6-17(23)25(35-36)27-32-13-24(39-2)26(34-27)33-22-9-8-15(29)10-18(22)28(37)38/h4-13H,3,14H2,1-2H3,(H,37,38)(H,32,33,34). The summed E-state index contributed by atoms with van der Waals surface area (Å²) in [6.07, 6.45) is 1.37. The summed E-state index contributed by atoms with van der Waals surface area (Å²) in [5, 5.41) is 17.6. The number of carboxylic acids is 1. The van der Waals surface area contributed by atoms with Gasteiger partial charge >= 0.3 is 5.97 Å². The summed E-state index contributed by atoms with van der Waals surface area (Å²) < 4.78 is 55.3. The Morgan fingerprint density at radius 1 is 1.07 bits per heavy atom. The van der Waals surface area contributed by atoms with Crippen molar-refractivity contribution in [2.45, 2.75) is 13.5 Å². The Morgan fingerprint density at radius 3 is 2.52 bits per heavy atom. The molecule has 0 saturated carbocycles. The quantitative estimate of drug-likeness (QED) is 0.237. The highest BCUT2D eigenvalue weighted by Crippen LogP contribution is 2.32. The number of nitrogens with zero attached hydrogens (tertiary/aromatic N) is 4. The number of hydrogen-bond acceptors (Lipinski definition) is 7. The fourth-order valence-corrected chi connectivity index (χ4v) is 4.20. The highest BCUT2D eigenvalue weighted by molar-refractivity contribution is 5.95. The molecule has 0 saturated heterocycles. The van der Waals surface area contributed by atoms with Crippen LogP contribution in [0.1, 0.15) is 22.8 Å². The molecule has 0 amide bonds. The van der Waals surface area contributed by atoms with Crippen LogP contribution in [0.5, 0.6) is 11.5 Å². The average Bonchev–Trinajstić information content (AvgIpc) is 3.30. The third-order valence-corrected chi connectivity index (χ3v) is 6.04. The van der Waals surface area contributed by atoms with Crippen LogP contribution in [0.15, 0.2) is 60.8 Å². The zero-order valence-corrected chi connectivity index (χ0v) is 21.3. The van der Waals surface area contributed by atoms with Crippen molar-refractivity contribution < 1.29 is 32.5 Å². The van der Waals surface area contributed by atoms with Gasteiger partial charge in [0.15, 0.2) is 17.4 Å². The van der Waals surface area contributed by atoms with Crippen LogP contribution in [0.4, 0.5) is 24.7 Å². The van der Waals surface area contributed by atoms with Crippen LogP contribution in [0, 0.1) is 17.5 Å². The van der Waals surface area contributed by atoms with Crippen molar-refractivity contribution in [3.8, 4) is 23.0 Å². The highest BCUT2D eigenvalue weighted by atomic mass is 19.1. The molecule has 0 radical (unpaired) electrons. The van der Waals surface area contributed by atoms with Gasteiger partial charge in [0.2, 0.25) is 0 Å². The maximum atomic E-state index is 14.8. The van der Waals surface area contributed by atoms with E-state index in [4.69, 9.17) is 9.47 Å². The van der Waals surface area contributed by atoms with Crippen LogP contribution in [0.3, 0.4) is 0 Å². The molecule has 0 atom stereocenters. The maximum Gasteiger partial charge on any atom is 0.337 e. The summed E-state index contributed by atoms with van der Waals surface area (Å²) in [6, 6.07) is 12.6. The molecule has 0 aliphatic carbocycles. The van der Waals surface area contributed by atoms with E-state index in [0.29, 0.717) is 16.6 Å². The van der Waals surface area contributed by atoms with Crippen molar-refractivity contribution in [1.29, 1.82) is 0 Å². The summed E-state index contributed by atoms with van der Waals surface area (Å²) in [4.78, 5) is 20.5. The summed E-state index contributed by atoms with van der Waals surface area (Å²) >= 11 is 0. The number of halogens is 3. The molecular weight excluding hydrogens is 527 g/mol. The average molecular weight is 550 g/mol. The molecule has 0 spiro atoms. The minimum absolute atomic E-state index is 0.0775. The lowest BCUT2D eigenvalue weighted by Gasteiger charge is -2.13. The van der Waals surface area contributed by atoms with Gasteiger partial charge in [0.25, 0.3) is 0 Å². The summed E-state index contributed by atoms with van der Waals surface area (Å²) in [5.41, 5.74) is 0.459. The van der Waals surface area contributed by atoms with Gasteiger partial charge < -0.3 is 19.9 Å². The maximum absolute atomic E-state index is 14.8. The third kappa shape index (κ3) is 5.10. The van der Waals surface area contributed by atoms with Gasteiger partial charge in [-0.3, -0.25) is 4.68 Å². The monoisotopic (exact) mass is 549 g/mol. The van der Waals surface area contributed by atoms with Crippen LogP contribution < -0.4 is 14.8 Å². The number of carboxylic acid groups (broad SMARTS) is 1. The van der Waals surface area contributed by atoms with Crippen LogP contribution in [-0.4, -0.2) is 44.5 Å². The molecule has 9 nitrogen and oxygen atoms in total. The molecule has 5 rings (SSSR count). The second-order valence-corrected chi connectivity index (χ2v) is 8.55. The van der Waals surface area contributed by atoms with E-state index in [1.165, 1.54) is 24.1 Å². The van der Waals surface area contributed by atoms with E-state index in [2.05, 4.69) is 20.4 Å². The molecule has 0 bridgehead atoms. The zero-order chi connectivity index (χ0) is 28.4. The molecule has 0 fully saturated rings. The number of aromatic carboxylic acids is 1. The van der Waals surface area contributed by atoms with E-state index >= 15 is 0 Å². The Bertz CT molecular complexity index is 1720. The number of methoxy groups -OCH3 is 1. The smallest absolute Gasteiger partial charge is 0.337 e. The molecule has 0 unspecified atom stereocenters. The Balaban J connectivity index is 1.57. The molecule has 3 aromatic carbocycles. The zero-order valence-electron chi connectivity index (χ0n) is 21.3. The second-order valence-electron chi connectivity index (χ2n) is 8.55. The van der Waals surface area contributed by atoms with E-state index in [1.54, 1.807) is 31.2 Å². The van der Waals surface area contributed by atoms with Crippen molar-refractivity contribution >= 4 is 28.4 Å². The molecule has 5 aromatic rings. The number of anilines is 2. The highest BCUT2D eigenvalue weighted by Gasteiger charge is 2.21. The van der Waals surface area contributed by atoms with Gasteiger partial charge in [-0.15, -0.1) is 0 Å². The first-order valence-corrected chi connectivity index (χ1v) is 12.1. The Hall–Kier alpha value is -5.13. The Kier molecular flexibility index (Phi) is 7.23. The van der Waals surface area contributed by atoms with Crippen LogP contribution >= 0.6 is 0 Å². The number of carbonyl (C=O) groups is 1. The number of fused-ring (bicyclic) bond motifs is 1. The van der Waals surface area contributed by atoms with Crippen molar-refractivity contribution in [2.75, 3.05) is 19.0 Å². The first-order valence-electron chi connectivity index (χ1n) is 12.1. The Labute approximate surface area is 225 Å². The summed E-state index contributed by atoms with van der Waals surface area (Å²) in [6.45, 7) is 1.76. The van der Waals surface area contributed by atoms with Crippen molar-refractivity contribution in [2.24, 2.45) is 0 Å². The van der Waals surface area contributed by atoms with Gasteiger partial charge in [0, 0.05) is 23.1 Å². The van der Waals surface area contributed by atoms with Crippen molar-refractivity contribution in [1.82, 2.24) is 19.7 Å². The van der Waals surface area contributed by atoms with Crippen molar-refractivity contribution in [3.05, 3.63) is 89.4 Å². The second kappa shape index (κ2) is 10.9. The van der Waals surface area contributed by atoms with Crippen LogP contribution in [-0.2, 0) is 6.54 Å². The molecular formula is C28H22F3N5O4. The number of hydrogen-bond donors (Lipinski definition) is 2. The molecule has 0 aliphatic rings. The van der Waals surface area contributed by atoms with Crippen LogP contribution in [0.2, 0.25) is 0 Å². The van der Waals surface area contributed by atoms with Gasteiger partial charge in [-0.05, 0) is 31.2 Å². The summed E-state index contributed by atoms with van der Waals surface area (Å²) in [5.74, 6) is -3.09. The number of benzene rings is 3. The topological polar surface area (TPSA) is 111 Å². The van der Waals surface area contributed by atoms with Gasteiger partial charge in [-0.25, -0.2) is 27.9 Å². The van der Waals surface area contributed by atoms with E-state index < -0.39 is 23.4 Å². The fraction of sp³-hybridized carbons (Fsp3) is 0.143. The lowest BCUT2D eigenvalue weighted by molar-refractivity contribution is 0.0697. The lowest BCUT2D eigenvalue weighted by Crippen LogP contribution is -2.08. The number of rotatable bonds is 9.